The van der Waals surface area contributed by atoms with Crippen LogP contribution in [0.2, 0.25) is 0 Å². The Kier molecular flexibility index (Phi) is 3.07. The van der Waals surface area contributed by atoms with Gasteiger partial charge in [-0.05, 0) is 17.7 Å². The zero-order chi connectivity index (χ0) is 12.4. The van der Waals surface area contributed by atoms with Crippen LogP contribution in [0.15, 0.2) is 59.5 Å². The number of carbonyl (C=O) groups is 1. The number of fused-ring (bicyclic) bond motifs is 1. The van der Waals surface area contributed by atoms with Gasteiger partial charge in [-0.25, -0.2) is 0 Å². The molecule has 0 N–H and O–H groups in total. The van der Waals surface area contributed by atoms with Gasteiger partial charge in [-0.1, -0.05) is 42.5 Å². The van der Waals surface area contributed by atoms with Crippen molar-refractivity contribution in [2.75, 3.05) is 0 Å². The molecule has 1 aliphatic heterocycles. The van der Waals surface area contributed by atoms with Gasteiger partial charge in [-0.15, -0.1) is 11.8 Å². The minimum absolute atomic E-state index is 0.127. The van der Waals surface area contributed by atoms with Gasteiger partial charge in [0.25, 0.3) is 0 Å². The molecule has 1 unspecified atom stereocenters. The van der Waals surface area contributed by atoms with E-state index >= 15 is 0 Å². The average Bonchev–Trinajstić information content (AvgIpc) is 2.57. The molecule has 2 aromatic rings. The fourth-order valence-electron chi connectivity index (χ4n) is 2.00. The van der Waals surface area contributed by atoms with Crippen molar-refractivity contribution in [1.29, 1.82) is 0 Å². The molecule has 1 aliphatic rings. The van der Waals surface area contributed by atoms with E-state index in [1.165, 1.54) is 0 Å². The summed E-state index contributed by atoms with van der Waals surface area (Å²) in [6, 6.07) is 17.8. The lowest BCUT2D eigenvalue weighted by Gasteiger charge is -2.12. The molecule has 2 nitrogen and oxygen atoms in total. The fourth-order valence-corrected chi connectivity index (χ4v) is 3.20. The number of hydrogen-bond donors (Lipinski definition) is 0. The van der Waals surface area contributed by atoms with Crippen LogP contribution in [0.1, 0.15) is 17.2 Å². The molecule has 0 radical (unpaired) electrons. The Balaban J connectivity index is 1.97. The second-order valence-corrected chi connectivity index (χ2v) is 5.39. The molecule has 0 aliphatic carbocycles. The smallest absolute Gasteiger partial charge is 0.312 e. The molecule has 1 atom stereocenters. The third-order valence-corrected chi connectivity index (χ3v) is 4.18. The fraction of sp³-hybridized carbons (Fsp3) is 0.133. The van der Waals surface area contributed by atoms with Crippen molar-refractivity contribution in [2.24, 2.45) is 0 Å². The summed E-state index contributed by atoms with van der Waals surface area (Å²) >= 11 is 1.69. The third kappa shape index (κ3) is 2.27. The number of ether oxygens (including phenoxy) is 1. The first-order valence-electron chi connectivity index (χ1n) is 5.84. The van der Waals surface area contributed by atoms with Gasteiger partial charge in [0.15, 0.2) is 0 Å². The molecule has 0 saturated heterocycles. The summed E-state index contributed by atoms with van der Waals surface area (Å²) < 4.78 is 5.35. The summed E-state index contributed by atoms with van der Waals surface area (Å²) in [6.45, 7) is 0. The zero-order valence-corrected chi connectivity index (χ0v) is 10.5. The second kappa shape index (κ2) is 4.86. The summed E-state index contributed by atoms with van der Waals surface area (Å²) in [7, 11) is 0. The number of carbonyl (C=O) groups excluding carboxylic acids is 1. The third-order valence-electron chi connectivity index (χ3n) is 2.87. The van der Waals surface area contributed by atoms with Crippen LogP contribution in [0.3, 0.4) is 0 Å². The highest BCUT2D eigenvalue weighted by atomic mass is 32.2. The molecule has 1 heterocycles. The van der Waals surface area contributed by atoms with Gasteiger partial charge < -0.3 is 4.74 Å². The summed E-state index contributed by atoms with van der Waals surface area (Å²) in [4.78, 5) is 12.8. The lowest BCUT2D eigenvalue weighted by molar-refractivity contribution is -0.134. The Labute approximate surface area is 110 Å². The maximum Gasteiger partial charge on any atom is 0.312 e. The normalized spacial score (nSPS) is 18.7. The van der Waals surface area contributed by atoms with E-state index in [0.717, 1.165) is 10.5 Å². The van der Waals surface area contributed by atoms with Crippen LogP contribution < -0.4 is 4.74 Å². The topological polar surface area (TPSA) is 26.3 Å². The number of benzene rings is 2. The minimum Gasteiger partial charge on any atom is -0.425 e. The number of rotatable bonds is 1. The van der Waals surface area contributed by atoms with Gasteiger partial charge in [-0.3, -0.25) is 4.79 Å². The highest BCUT2D eigenvalue weighted by Crippen LogP contribution is 2.44. The van der Waals surface area contributed by atoms with Crippen molar-refractivity contribution in [3.05, 3.63) is 60.2 Å². The van der Waals surface area contributed by atoms with Crippen molar-refractivity contribution in [3.63, 3.8) is 0 Å². The second-order valence-electron chi connectivity index (χ2n) is 4.14. The van der Waals surface area contributed by atoms with Crippen LogP contribution in [0.25, 0.3) is 0 Å². The molecule has 0 aromatic heterocycles. The molecule has 0 amide bonds. The molecular weight excluding hydrogens is 244 g/mol. The van der Waals surface area contributed by atoms with E-state index in [0.29, 0.717) is 12.2 Å². The van der Waals surface area contributed by atoms with Crippen molar-refractivity contribution in [2.45, 2.75) is 16.6 Å². The van der Waals surface area contributed by atoms with E-state index < -0.39 is 0 Å². The van der Waals surface area contributed by atoms with E-state index in [4.69, 9.17) is 4.74 Å². The summed E-state index contributed by atoms with van der Waals surface area (Å²) in [6.07, 6.45) is 0.406. The lowest BCUT2D eigenvalue weighted by atomic mass is 10.1. The number of thioether (sulfide) groups is 1. The highest BCUT2D eigenvalue weighted by Gasteiger charge is 2.24. The van der Waals surface area contributed by atoms with E-state index in [9.17, 15) is 4.79 Å². The van der Waals surface area contributed by atoms with E-state index in [1.54, 1.807) is 11.8 Å². The van der Waals surface area contributed by atoms with Crippen molar-refractivity contribution in [1.82, 2.24) is 0 Å². The van der Waals surface area contributed by atoms with Gasteiger partial charge in [0.05, 0.1) is 11.3 Å². The standard InChI is InChI=1S/C15H12O2S/c16-15-10-14(11-6-2-1-3-7-11)18-13-9-5-4-8-12(13)17-15/h1-9,14H,10H2. The van der Waals surface area contributed by atoms with E-state index in [-0.39, 0.29) is 11.2 Å². The summed E-state index contributed by atoms with van der Waals surface area (Å²) in [5, 5.41) is 0.127. The van der Waals surface area contributed by atoms with E-state index in [1.807, 2.05) is 42.5 Å². The minimum atomic E-state index is -0.165. The molecular formula is C15H12O2S. The molecule has 0 fully saturated rings. The van der Waals surface area contributed by atoms with E-state index in [2.05, 4.69) is 12.1 Å². The van der Waals surface area contributed by atoms with Gasteiger partial charge in [-0.2, -0.15) is 0 Å². The van der Waals surface area contributed by atoms with Gasteiger partial charge in [0.2, 0.25) is 0 Å². The molecule has 0 spiro atoms. The SMILES string of the molecule is O=C1CC(c2ccccc2)Sc2ccccc2O1. The predicted molar refractivity (Wildman–Crippen MR) is 71.7 cm³/mol. The molecule has 2 aromatic carbocycles. The van der Waals surface area contributed by atoms with Crippen molar-refractivity contribution < 1.29 is 9.53 Å². The van der Waals surface area contributed by atoms with Gasteiger partial charge in [0.1, 0.15) is 5.75 Å². The van der Waals surface area contributed by atoms with Crippen LogP contribution >= 0.6 is 11.8 Å². The zero-order valence-electron chi connectivity index (χ0n) is 9.71. The lowest BCUT2D eigenvalue weighted by Crippen LogP contribution is -2.08. The molecule has 18 heavy (non-hydrogen) atoms. The Morgan fingerprint density at radius 2 is 1.72 bits per heavy atom. The van der Waals surface area contributed by atoms with Crippen LogP contribution in [-0.2, 0) is 4.79 Å². The van der Waals surface area contributed by atoms with Crippen molar-refractivity contribution >= 4 is 17.7 Å². The largest absolute Gasteiger partial charge is 0.425 e. The van der Waals surface area contributed by atoms with Crippen LogP contribution in [0.4, 0.5) is 0 Å². The Hall–Kier alpha value is -1.74. The van der Waals surface area contributed by atoms with Crippen LogP contribution in [0, 0.1) is 0 Å². The predicted octanol–water partition coefficient (Wildman–Crippen LogP) is 3.83. The van der Waals surface area contributed by atoms with Crippen LogP contribution in [-0.4, -0.2) is 5.97 Å². The first-order valence-corrected chi connectivity index (χ1v) is 6.72. The maximum atomic E-state index is 11.8. The Morgan fingerprint density at radius 3 is 2.56 bits per heavy atom. The van der Waals surface area contributed by atoms with Gasteiger partial charge in [0, 0.05) is 5.25 Å². The number of esters is 1. The van der Waals surface area contributed by atoms with Crippen molar-refractivity contribution in [3.8, 4) is 5.75 Å². The number of para-hydroxylation sites is 1. The maximum absolute atomic E-state index is 11.8. The average molecular weight is 256 g/mol. The highest BCUT2D eigenvalue weighted by molar-refractivity contribution is 7.99. The summed E-state index contributed by atoms with van der Waals surface area (Å²) in [5.74, 6) is 0.507. The Morgan fingerprint density at radius 1 is 1.00 bits per heavy atom. The molecule has 90 valence electrons. The Bertz CT molecular complexity index is 566. The number of hydrogen-bond acceptors (Lipinski definition) is 3. The van der Waals surface area contributed by atoms with Crippen LogP contribution in [0.5, 0.6) is 5.75 Å². The molecule has 0 saturated carbocycles. The van der Waals surface area contributed by atoms with Gasteiger partial charge >= 0.3 is 5.97 Å². The quantitative estimate of drug-likeness (QED) is 0.573. The first kappa shape index (κ1) is 11.4. The first-order chi connectivity index (χ1) is 8.83. The molecule has 3 heteroatoms. The monoisotopic (exact) mass is 256 g/mol. The summed E-state index contributed by atoms with van der Waals surface area (Å²) in [5.41, 5.74) is 1.16. The molecule has 3 rings (SSSR count). The molecule has 0 bridgehead atoms.